The summed E-state index contributed by atoms with van der Waals surface area (Å²) in [6.45, 7) is 0.755. The highest BCUT2D eigenvalue weighted by Gasteiger charge is 2.25. The minimum Gasteiger partial charge on any atom is -0.481 e. The van der Waals surface area contributed by atoms with E-state index in [1.54, 1.807) is 6.33 Å². The summed E-state index contributed by atoms with van der Waals surface area (Å²) in [5.74, 6) is -0.958. The van der Waals surface area contributed by atoms with Crippen LogP contribution in [-0.4, -0.2) is 20.6 Å². The topological polar surface area (TPSA) is 55.1 Å². The summed E-state index contributed by atoms with van der Waals surface area (Å²) in [4.78, 5) is 14.8. The summed E-state index contributed by atoms with van der Waals surface area (Å²) >= 11 is 3.30. The molecule has 0 saturated heterocycles. The molecule has 1 unspecified atom stereocenters. The number of halogens is 1. The van der Waals surface area contributed by atoms with Crippen molar-refractivity contribution < 1.29 is 9.90 Å². The van der Waals surface area contributed by atoms with Crippen molar-refractivity contribution in [1.29, 1.82) is 0 Å². The first-order valence-corrected chi connectivity index (χ1v) is 4.90. The van der Waals surface area contributed by atoms with Gasteiger partial charge in [0, 0.05) is 13.0 Å². The molecule has 1 aliphatic heterocycles. The number of imidazole rings is 1. The number of aryl methyl sites for hydroxylation is 1. The van der Waals surface area contributed by atoms with E-state index in [0.29, 0.717) is 12.8 Å². The zero-order valence-corrected chi connectivity index (χ0v) is 8.49. The average molecular weight is 245 g/mol. The van der Waals surface area contributed by atoms with Crippen LogP contribution in [0.4, 0.5) is 0 Å². The zero-order valence-electron chi connectivity index (χ0n) is 6.90. The number of aliphatic carboxylic acids is 1. The second-order valence-electron chi connectivity index (χ2n) is 3.20. The zero-order chi connectivity index (χ0) is 9.42. The van der Waals surface area contributed by atoms with E-state index in [1.165, 1.54) is 0 Å². The smallest absolute Gasteiger partial charge is 0.306 e. The first-order valence-electron chi connectivity index (χ1n) is 4.11. The molecule has 2 heterocycles. The van der Waals surface area contributed by atoms with Gasteiger partial charge in [0.25, 0.3) is 0 Å². The van der Waals surface area contributed by atoms with Crippen LogP contribution in [-0.2, 0) is 17.8 Å². The van der Waals surface area contributed by atoms with E-state index in [4.69, 9.17) is 5.11 Å². The van der Waals surface area contributed by atoms with Crippen molar-refractivity contribution >= 4 is 21.9 Å². The van der Waals surface area contributed by atoms with E-state index in [1.807, 2.05) is 4.57 Å². The molecule has 0 aromatic carbocycles. The third-order valence-corrected chi connectivity index (χ3v) is 3.07. The molecule has 1 aromatic rings. The van der Waals surface area contributed by atoms with Crippen LogP contribution in [0.3, 0.4) is 0 Å². The van der Waals surface area contributed by atoms with Crippen molar-refractivity contribution in [3.63, 3.8) is 0 Å². The highest BCUT2D eigenvalue weighted by Crippen LogP contribution is 2.25. The van der Waals surface area contributed by atoms with E-state index in [9.17, 15) is 4.79 Å². The minimum atomic E-state index is -0.709. The fourth-order valence-corrected chi connectivity index (χ4v) is 2.10. The Morgan fingerprint density at radius 2 is 2.54 bits per heavy atom. The van der Waals surface area contributed by atoms with Gasteiger partial charge in [0.2, 0.25) is 0 Å². The number of carbonyl (C=O) groups is 1. The molecule has 0 radical (unpaired) electrons. The fraction of sp³-hybridized carbons (Fsp3) is 0.500. The Bertz CT molecular complexity index is 348. The van der Waals surface area contributed by atoms with E-state index < -0.39 is 5.97 Å². The number of carboxylic acids is 1. The number of nitrogens with zero attached hydrogens (tertiary/aromatic N) is 2. The van der Waals surface area contributed by atoms with Gasteiger partial charge in [-0.15, -0.1) is 0 Å². The fourth-order valence-electron chi connectivity index (χ4n) is 1.62. The Morgan fingerprint density at radius 1 is 1.77 bits per heavy atom. The van der Waals surface area contributed by atoms with Gasteiger partial charge in [-0.25, -0.2) is 4.98 Å². The highest BCUT2D eigenvalue weighted by molar-refractivity contribution is 9.10. The van der Waals surface area contributed by atoms with Crippen molar-refractivity contribution in [2.24, 2.45) is 5.92 Å². The second kappa shape index (κ2) is 3.14. The number of hydrogen-bond acceptors (Lipinski definition) is 2. The van der Waals surface area contributed by atoms with Gasteiger partial charge in [-0.1, -0.05) is 0 Å². The Hall–Kier alpha value is -0.840. The van der Waals surface area contributed by atoms with Gasteiger partial charge in [0.05, 0.1) is 17.9 Å². The number of fused-ring (bicyclic) bond motifs is 1. The molecule has 0 spiro atoms. The van der Waals surface area contributed by atoms with E-state index in [2.05, 4.69) is 20.9 Å². The van der Waals surface area contributed by atoms with E-state index in [-0.39, 0.29) is 5.92 Å². The van der Waals surface area contributed by atoms with Crippen LogP contribution < -0.4 is 0 Å². The lowest BCUT2D eigenvalue weighted by atomic mass is 9.97. The number of hydrogen-bond donors (Lipinski definition) is 1. The molecule has 0 saturated carbocycles. The highest BCUT2D eigenvalue weighted by atomic mass is 79.9. The van der Waals surface area contributed by atoms with Crippen LogP contribution in [0.15, 0.2) is 10.9 Å². The Labute approximate surface area is 83.7 Å². The van der Waals surface area contributed by atoms with Gasteiger partial charge in [0.15, 0.2) is 0 Å². The molecular weight excluding hydrogens is 236 g/mol. The first kappa shape index (κ1) is 8.74. The Balaban J connectivity index is 2.27. The van der Waals surface area contributed by atoms with E-state index >= 15 is 0 Å². The van der Waals surface area contributed by atoms with Gasteiger partial charge in [-0.3, -0.25) is 4.79 Å². The maximum atomic E-state index is 10.8. The lowest BCUT2D eigenvalue weighted by Crippen LogP contribution is -2.25. The van der Waals surface area contributed by atoms with Gasteiger partial charge in [-0.05, 0) is 22.4 Å². The molecule has 1 atom stereocenters. The lowest BCUT2D eigenvalue weighted by molar-refractivity contribution is -0.142. The largest absolute Gasteiger partial charge is 0.481 e. The summed E-state index contributed by atoms with van der Waals surface area (Å²) in [5.41, 5.74) is 0.999. The molecule has 70 valence electrons. The summed E-state index contributed by atoms with van der Waals surface area (Å²) < 4.78 is 2.78. The average Bonchev–Trinajstić information content (AvgIpc) is 2.47. The molecule has 0 amide bonds. The van der Waals surface area contributed by atoms with Crippen LogP contribution in [0.5, 0.6) is 0 Å². The molecule has 13 heavy (non-hydrogen) atoms. The molecule has 1 aliphatic rings. The standard InChI is InChI=1S/C8H9BrN2O2/c9-7-6-3-5(8(12)13)1-2-11(6)4-10-7/h4-5H,1-3H2,(H,12,13). The SMILES string of the molecule is O=C(O)C1CCn2cnc(Br)c2C1. The van der Waals surface area contributed by atoms with Gasteiger partial charge in [-0.2, -0.15) is 0 Å². The predicted octanol–water partition coefficient (Wildman–Crippen LogP) is 1.29. The van der Waals surface area contributed by atoms with Crippen molar-refractivity contribution in [3.8, 4) is 0 Å². The first-order chi connectivity index (χ1) is 6.18. The molecule has 2 rings (SSSR count). The molecule has 1 N–H and O–H groups in total. The maximum Gasteiger partial charge on any atom is 0.306 e. The molecule has 0 fully saturated rings. The van der Waals surface area contributed by atoms with Crippen molar-refractivity contribution in [3.05, 3.63) is 16.6 Å². The maximum absolute atomic E-state index is 10.8. The molecular formula is C8H9BrN2O2. The molecule has 5 heteroatoms. The molecule has 1 aromatic heterocycles. The minimum absolute atomic E-state index is 0.250. The molecule has 0 bridgehead atoms. The third kappa shape index (κ3) is 1.48. The van der Waals surface area contributed by atoms with Crippen LogP contribution in [0.1, 0.15) is 12.1 Å². The third-order valence-electron chi connectivity index (χ3n) is 2.40. The monoisotopic (exact) mass is 244 g/mol. The molecule has 0 aliphatic carbocycles. The Kier molecular flexibility index (Phi) is 2.11. The second-order valence-corrected chi connectivity index (χ2v) is 3.95. The Morgan fingerprint density at radius 3 is 3.23 bits per heavy atom. The number of carboxylic acid groups (broad SMARTS) is 1. The number of rotatable bonds is 1. The predicted molar refractivity (Wildman–Crippen MR) is 49.4 cm³/mol. The van der Waals surface area contributed by atoms with Crippen LogP contribution in [0.25, 0.3) is 0 Å². The summed E-state index contributed by atoms with van der Waals surface area (Å²) in [5, 5.41) is 8.85. The van der Waals surface area contributed by atoms with Gasteiger partial charge >= 0.3 is 5.97 Å². The van der Waals surface area contributed by atoms with Crippen LogP contribution in [0.2, 0.25) is 0 Å². The number of aromatic nitrogens is 2. The summed E-state index contributed by atoms with van der Waals surface area (Å²) in [6, 6.07) is 0. The normalized spacial score (nSPS) is 21.2. The molecule has 4 nitrogen and oxygen atoms in total. The van der Waals surface area contributed by atoms with Crippen LogP contribution >= 0.6 is 15.9 Å². The van der Waals surface area contributed by atoms with Crippen molar-refractivity contribution in [1.82, 2.24) is 9.55 Å². The van der Waals surface area contributed by atoms with Crippen molar-refractivity contribution in [2.45, 2.75) is 19.4 Å². The quantitative estimate of drug-likeness (QED) is 0.811. The summed E-state index contributed by atoms with van der Waals surface area (Å²) in [7, 11) is 0. The summed E-state index contributed by atoms with van der Waals surface area (Å²) in [6.07, 6.45) is 3.03. The lowest BCUT2D eigenvalue weighted by Gasteiger charge is -2.20. The van der Waals surface area contributed by atoms with Crippen LogP contribution in [0, 0.1) is 5.92 Å². The van der Waals surface area contributed by atoms with E-state index in [0.717, 1.165) is 16.8 Å². The van der Waals surface area contributed by atoms with Gasteiger partial charge < -0.3 is 9.67 Å². The van der Waals surface area contributed by atoms with Gasteiger partial charge in [0.1, 0.15) is 4.60 Å². The van der Waals surface area contributed by atoms with Crippen molar-refractivity contribution in [2.75, 3.05) is 0 Å².